The SMILES string of the molecule is COC(=O)c1n(C)cc[n+]1C.O=S(=O)([O-])C(F)(F)F. The largest absolute Gasteiger partial charge is 0.741 e. The van der Waals surface area contributed by atoms with Crippen molar-refractivity contribution in [2.75, 3.05) is 7.11 Å². The van der Waals surface area contributed by atoms with E-state index in [1.165, 1.54) is 7.11 Å². The van der Waals surface area contributed by atoms with Crippen molar-refractivity contribution < 1.29 is 40.2 Å². The van der Waals surface area contributed by atoms with Crippen molar-refractivity contribution in [3.05, 3.63) is 18.2 Å². The molecule has 19 heavy (non-hydrogen) atoms. The molecule has 1 aromatic rings. The lowest BCUT2D eigenvalue weighted by molar-refractivity contribution is -0.673. The van der Waals surface area contributed by atoms with Crippen molar-refractivity contribution in [1.82, 2.24) is 4.57 Å². The van der Waals surface area contributed by atoms with E-state index < -0.39 is 15.6 Å². The normalized spacial score (nSPS) is 11.5. The van der Waals surface area contributed by atoms with Gasteiger partial charge in [0.1, 0.15) is 12.4 Å². The molecule has 1 rings (SSSR count). The number of hydrogen-bond donors (Lipinski definition) is 0. The number of nitrogens with zero attached hydrogens (tertiary/aromatic N) is 2. The third-order valence-corrected chi connectivity index (χ3v) is 2.40. The first-order valence-corrected chi connectivity index (χ1v) is 5.94. The van der Waals surface area contributed by atoms with Crippen LogP contribution in [0.3, 0.4) is 0 Å². The molecule has 0 aliphatic heterocycles. The van der Waals surface area contributed by atoms with Gasteiger partial charge >= 0.3 is 17.3 Å². The Bertz CT molecular complexity index is 530. The van der Waals surface area contributed by atoms with E-state index in [2.05, 4.69) is 4.74 Å². The lowest BCUT2D eigenvalue weighted by Crippen LogP contribution is -2.35. The maximum atomic E-state index is 11.1. The molecule has 0 fully saturated rings. The molecule has 110 valence electrons. The average Bonchev–Trinajstić information content (AvgIpc) is 2.56. The molecule has 0 N–H and O–H groups in total. The number of hydrogen-bond acceptors (Lipinski definition) is 5. The molecule has 0 unspecified atom stereocenters. The van der Waals surface area contributed by atoms with Crippen LogP contribution in [-0.2, 0) is 29.0 Å². The molecular weight excluding hydrogens is 293 g/mol. The second-order valence-corrected chi connectivity index (χ2v) is 4.61. The quantitative estimate of drug-likeness (QED) is 0.307. The van der Waals surface area contributed by atoms with Gasteiger partial charge in [0, 0.05) is 0 Å². The Morgan fingerprint density at radius 2 is 1.89 bits per heavy atom. The Hall–Kier alpha value is -1.62. The van der Waals surface area contributed by atoms with Gasteiger partial charge in [-0.15, -0.1) is 0 Å². The molecule has 0 radical (unpaired) electrons. The van der Waals surface area contributed by atoms with Crippen molar-refractivity contribution in [2.24, 2.45) is 14.1 Å². The van der Waals surface area contributed by atoms with E-state index in [-0.39, 0.29) is 5.97 Å². The molecule has 0 bridgehead atoms. The molecule has 1 heterocycles. The predicted molar refractivity (Wildman–Crippen MR) is 53.7 cm³/mol. The molecule has 0 amide bonds. The molecule has 0 saturated heterocycles. The predicted octanol–water partition coefficient (Wildman–Crippen LogP) is -0.312. The fourth-order valence-electron chi connectivity index (χ4n) is 0.969. The molecule has 7 nitrogen and oxygen atoms in total. The Morgan fingerprint density at radius 3 is 2.11 bits per heavy atom. The third kappa shape index (κ3) is 4.87. The second-order valence-electron chi connectivity index (χ2n) is 3.24. The summed E-state index contributed by atoms with van der Waals surface area (Å²) < 4.78 is 66.9. The van der Waals surface area contributed by atoms with Gasteiger partial charge in [-0.1, -0.05) is 0 Å². The van der Waals surface area contributed by atoms with Crippen molar-refractivity contribution >= 4 is 16.1 Å². The first-order valence-electron chi connectivity index (χ1n) is 4.53. The summed E-state index contributed by atoms with van der Waals surface area (Å²) in [5.74, 6) is 0.215. The molecule has 11 heteroatoms. The number of carbonyl (C=O) groups is 1. The van der Waals surface area contributed by atoms with Crippen LogP contribution in [0, 0.1) is 0 Å². The highest BCUT2D eigenvalue weighted by Crippen LogP contribution is 2.20. The highest BCUT2D eigenvalue weighted by molar-refractivity contribution is 7.86. The van der Waals surface area contributed by atoms with Gasteiger partial charge in [0.15, 0.2) is 10.1 Å². The first kappa shape index (κ1) is 17.4. The summed E-state index contributed by atoms with van der Waals surface area (Å²) in [5, 5.41) is 0. The minimum Gasteiger partial charge on any atom is -0.741 e. The van der Waals surface area contributed by atoms with Crippen LogP contribution in [-0.4, -0.2) is 36.1 Å². The number of ether oxygens (including phenoxy) is 1. The summed E-state index contributed by atoms with van der Waals surface area (Å²) in [6.07, 6.45) is 3.60. The van der Waals surface area contributed by atoms with Gasteiger partial charge in [0.25, 0.3) is 0 Å². The van der Waals surface area contributed by atoms with Crippen LogP contribution in [0.5, 0.6) is 0 Å². The van der Waals surface area contributed by atoms with Gasteiger partial charge in [-0.3, -0.25) is 0 Å². The van der Waals surface area contributed by atoms with Crippen LogP contribution in [0.15, 0.2) is 12.4 Å². The van der Waals surface area contributed by atoms with E-state index in [1.807, 2.05) is 0 Å². The molecule has 0 atom stereocenters. The Labute approximate surface area is 107 Å². The molecule has 0 aliphatic carbocycles. The highest BCUT2D eigenvalue weighted by Gasteiger charge is 2.36. The summed E-state index contributed by atoms with van der Waals surface area (Å²) in [6.45, 7) is 0. The number of aryl methyl sites for hydroxylation is 2. The number of carbonyl (C=O) groups excluding carboxylic acids is 1. The molecule has 0 spiro atoms. The van der Waals surface area contributed by atoms with E-state index in [0.717, 1.165) is 0 Å². The summed E-state index contributed by atoms with van der Waals surface area (Å²) >= 11 is 0. The second kappa shape index (κ2) is 6.02. The van der Waals surface area contributed by atoms with Crippen LogP contribution in [0.1, 0.15) is 10.6 Å². The van der Waals surface area contributed by atoms with Crippen molar-refractivity contribution in [1.29, 1.82) is 0 Å². The molecule has 0 aliphatic rings. The van der Waals surface area contributed by atoms with Gasteiger partial charge in [-0.25, -0.2) is 22.3 Å². The average molecular weight is 304 g/mol. The highest BCUT2D eigenvalue weighted by atomic mass is 32.2. The minimum absolute atomic E-state index is 0.319. The zero-order valence-corrected chi connectivity index (χ0v) is 10.9. The van der Waals surface area contributed by atoms with E-state index in [0.29, 0.717) is 5.82 Å². The Balaban J connectivity index is 0.000000362. The molecule has 0 saturated carbocycles. The van der Waals surface area contributed by atoms with Gasteiger partial charge in [0.05, 0.1) is 21.2 Å². The number of halogens is 3. The van der Waals surface area contributed by atoms with E-state index in [4.69, 9.17) is 13.0 Å². The summed E-state index contributed by atoms with van der Waals surface area (Å²) in [6, 6.07) is 0. The fourth-order valence-corrected chi connectivity index (χ4v) is 0.969. The minimum atomic E-state index is -6.09. The van der Waals surface area contributed by atoms with E-state index in [9.17, 15) is 18.0 Å². The van der Waals surface area contributed by atoms with Crippen molar-refractivity contribution in [2.45, 2.75) is 5.51 Å². The monoisotopic (exact) mass is 304 g/mol. The summed E-state index contributed by atoms with van der Waals surface area (Å²) in [5.41, 5.74) is -5.65. The van der Waals surface area contributed by atoms with Crippen LogP contribution in [0.4, 0.5) is 13.2 Å². The zero-order valence-electron chi connectivity index (χ0n) is 10.1. The maximum Gasteiger partial charge on any atom is 0.485 e. The standard InChI is InChI=1S/C7H11N2O2.CHF3O3S/c1-8-4-5-9(2)6(8)7(10)11-3;2-1(3,4)8(5,6)7/h4-5H,1-3H3;(H,5,6,7)/q+1;/p-1. The van der Waals surface area contributed by atoms with Crippen molar-refractivity contribution in [3.8, 4) is 0 Å². The summed E-state index contributed by atoms with van der Waals surface area (Å²) in [4.78, 5) is 11.1. The number of methoxy groups -OCH3 is 1. The lowest BCUT2D eigenvalue weighted by atomic mass is 10.6. The smallest absolute Gasteiger partial charge is 0.485 e. The number of alkyl halides is 3. The van der Waals surface area contributed by atoms with Gasteiger partial charge in [-0.2, -0.15) is 13.2 Å². The van der Waals surface area contributed by atoms with Gasteiger partial charge < -0.3 is 9.29 Å². The Kier molecular flexibility index (Phi) is 5.50. The lowest BCUT2D eigenvalue weighted by Gasteiger charge is -2.08. The number of esters is 1. The Morgan fingerprint density at radius 1 is 1.47 bits per heavy atom. The first-order chi connectivity index (χ1) is 8.41. The van der Waals surface area contributed by atoms with Gasteiger partial charge in [0.2, 0.25) is 0 Å². The number of aromatic nitrogens is 2. The maximum absolute atomic E-state index is 11.1. The van der Waals surface area contributed by atoms with Crippen LogP contribution in [0.2, 0.25) is 0 Å². The van der Waals surface area contributed by atoms with Crippen LogP contribution < -0.4 is 4.57 Å². The van der Waals surface area contributed by atoms with Crippen molar-refractivity contribution in [3.63, 3.8) is 0 Å². The zero-order chi connectivity index (χ0) is 15.4. The number of imidazole rings is 1. The van der Waals surface area contributed by atoms with Crippen LogP contribution in [0.25, 0.3) is 0 Å². The van der Waals surface area contributed by atoms with Crippen LogP contribution >= 0.6 is 0 Å². The van der Waals surface area contributed by atoms with E-state index >= 15 is 0 Å². The molecule has 1 aromatic heterocycles. The van der Waals surface area contributed by atoms with E-state index in [1.54, 1.807) is 35.6 Å². The number of rotatable bonds is 1. The topological polar surface area (TPSA) is 92.3 Å². The molecular formula is C8H11F3N2O5S. The van der Waals surface area contributed by atoms with Gasteiger partial charge in [-0.05, 0) is 0 Å². The summed E-state index contributed by atoms with van der Waals surface area (Å²) in [7, 11) is -1.12. The third-order valence-electron chi connectivity index (χ3n) is 1.83. The fraction of sp³-hybridized carbons (Fsp3) is 0.500. The molecule has 0 aromatic carbocycles.